The number of piperazine rings is 1. The Labute approximate surface area is 243 Å². The zero-order chi connectivity index (χ0) is 29.1. The summed E-state index contributed by atoms with van der Waals surface area (Å²) in [4.78, 5) is 39.5. The Morgan fingerprint density at radius 2 is 1.95 bits per heavy atom. The molecule has 1 saturated carbocycles. The Bertz CT molecular complexity index is 1650. The summed E-state index contributed by atoms with van der Waals surface area (Å²) in [5.41, 5.74) is 2.38. The summed E-state index contributed by atoms with van der Waals surface area (Å²) in [5, 5.41) is 6.99. The van der Waals surface area contributed by atoms with Gasteiger partial charge in [-0.15, -0.1) is 0 Å². The molecule has 2 fully saturated rings. The zero-order valence-electron chi connectivity index (χ0n) is 23.4. The van der Waals surface area contributed by atoms with E-state index < -0.39 is 10.0 Å². The Balaban J connectivity index is 1.32. The van der Waals surface area contributed by atoms with Crippen molar-refractivity contribution in [1.29, 1.82) is 0 Å². The molecule has 1 aromatic carbocycles. The van der Waals surface area contributed by atoms with Crippen LogP contribution in [0.4, 0.5) is 16.8 Å². The minimum absolute atomic E-state index is 0.00501. The number of carbonyl (C=O) groups is 2. The largest absolute Gasteiger partial charge is 0.331 e. The van der Waals surface area contributed by atoms with E-state index in [-0.39, 0.29) is 40.9 Å². The Morgan fingerprint density at radius 1 is 1.17 bits per heavy atom. The van der Waals surface area contributed by atoms with Crippen LogP contribution in [0.3, 0.4) is 0 Å². The number of hydrogen-bond donors (Lipinski definition) is 3. The summed E-state index contributed by atoms with van der Waals surface area (Å²) < 4.78 is 28.6. The molecule has 41 heavy (non-hydrogen) atoms. The third kappa shape index (κ3) is 5.23. The predicted octanol–water partition coefficient (Wildman–Crippen LogP) is 3.24. The number of rotatable bonds is 8. The fourth-order valence-corrected chi connectivity index (χ4v) is 7.49. The van der Waals surface area contributed by atoms with Crippen molar-refractivity contribution in [2.75, 3.05) is 30.4 Å². The van der Waals surface area contributed by atoms with Gasteiger partial charge in [0.25, 0.3) is 5.91 Å². The molecule has 0 spiro atoms. The van der Waals surface area contributed by atoms with Crippen LogP contribution < -0.4 is 20.3 Å². The monoisotopic (exact) mass is 595 g/mol. The smallest absolute Gasteiger partial charge is 0.256 e. The van der Waals surface area contributed by atoms with Gasteiger partial charge < -0.3 is 15.5 Å². The first-order chi connectivity index (χ1) is 19.6. The van der Waals surface area contributed by atoms with Crippen LogP contribution in [0.15, 0.2) is 35.2 Å². The van der Waals surface area contributed by atoms with E-state index in [1.165, 1.54) is 18.4 Å². The zero-order valence-corrected chi connectivity index (χ0v) is 25.0. The average Bonchev–Trinajstić information content (AvgIpc) is 3.67. The van der Waals surface area contributed by atoms with Gasteiger partial charge in [0.2, 0.25) is 15.9 Å². The molecule has 2 aromatic heterocycles. The number of fused-ring (bicyclic) bond motifs is 1. The summed E-state index contributed by atoms with van der Waals surface area (Å²) in [6, 6.07) is 9.18. The van der Waals surface area contributed by atoms with Crippen molar-refractivity contribution in [3.05, 3.63) is 47.2 Å². The van der Waals surface area contributed by atoms with E-state index >= 15 is 0 Å². The number of hydrogen-bond acceptors (Lipinski definition) is 9. The van der Waals surface area contributed by atoms with Gasteiger partial charge in [0.05, 0.1) is 27.6 Å². The number of nitrogens with one attached hydrogen (secondary N) is 3. The maximum atomic E-state index is 13.4. The number of pyridine rings is 1. The van der Waals surface area contributed by atoms with Gasteiger partial charge in [-0.05, 0) is 82.0 Å². The van der Waals surface area contributed by atoms with Crippen molar-refractivity contribution in [2.24, 2.45) is 5.92 Å². The molecule has 2 amide bonds. The molecule has 216 valence electrons. The molecular formula is C28H33N7O4S2. The van der Waals surface area contributed by atoms with E-state index in [1.807, 2.05) is 45.0 Å². The molecule has 6 rings (SSSR count). The number of benzene rings is 1. The van der Waals surface area contributed by atoms with Crippen molar-refractivity contribution < 1.29 is 18.0 Å². The van der Waals surface area contributed by atoms with Crippen LogP contribution in [0.2, 0.25) is 0 Å². The lowest BCUT2D eigenvalue weighted by atomic mass is 10.0. The standard InChI is InChI=1S/C28H33N7O4S2/c1-15-13-35(24(36)12-30-15)23-7-5-6-22(32-23)33-28-31-16(2)26(40-28)19-10-20-14-34(17(3)18-8-9-18)27(37)25(20)21(11-19)41(38,39)29-4/h5-7,10-11,15,17-18,29-30H,8-9,12-14H2,1-4H3,(H,31,32,33)/t15-,17?/m0/s1. The van der Waals surface area contributed by atoms with Crippen molar-refractivity contribution in [1.82, 2.24) is 24.9 Å². The molecule has 1 aliphatic carbocycles. The molecule has 2 atom stereocenters. The highest BCUT2D eigenvalue weighted by atomic mass is 32.2. The SMILES string of the molecule is CNS(=O)(=O)c1cc(-c2sc(Nc3cccc(N4C[C@H](C)NCC4=O)n3)nc2C)cc2c1C(=O)N(C(C)C1CC1)C2. The van der Waals surface area contributed by atoms with E-state index in [1.54, 1.807) is 15.9 Å². The molecule has 1 unspecified atom stereocenters. The first kappa shape index (κ1) is 27.8. The Kier molecular flexibility index (Phi) is 7.09. The molecule has 0 radical (unpaired) electrons. The van der Waals surface area contributed by atoms with Crippen molar-refractivity contribution in [2.45, 2.75) is 57.1 Å². The van der Waals surface area contributed by atoms with E-state index in [0.717, 1.165) is 23.4 Å². The molecule has 4 heterocycles. The van der Waals surface area contributed by atoms with Crippen molar-refractivity contribution >= 4 is 49.9 Å². The Hall–Kier alpha value is -3.39. The highest BCUT2D eigenvalue weighted by Crippen LogP contribution is 2.42. The van der Waals surface area contributed by atoms with Crippen LogP contribution in [0.5, 0.6) is 0 Å². The fourth-order valence-electron chi connectivity index (χ4n) is 5.54. The van der Waals surface area contributed by atoms with Crippen LogP contribution in [0.1, 0.15) is 48.3 Å². The number of carbonyl (C=O) groups excluding carboxylic acids is 2. The quantitative estimate of drug-likeness (QED) is 0.361. The lowest BCUT2D eigenvalue weighted by molar-refractivity contribution is -0.118. The number of thiazole rings is 1. The number of sulfonamides is 1. The molecule has 11 nitrogen and oxygen atoms in total. The number of aryl methyl sites for hydroxylation is 1. The van der Waals surface area contributed by atoms with Crippen molar-refractivity contribution in [3.63, 3.8) is 0 Å². The van der Waals surface area contributed by atoms with E-state index in [0.29, 0.717) is 46.9 Å². The van der Waals surface area contributed by atoms with Crippen LogP contribution in [0.25, 0.3) is 10.4 Å². The lowest BCUT2D eigenvalue weighted by Gasteiger charge is -2.31. The van der Waals surface area contributed by atoms with E-state index in [2.05, 4.69) is 25.3 Å². The van der Waals surface area contributed by atoms with E-state index in [4.69, 9.17) is 0 Å². The normalized spacial score (nSPS) is 20.0. The second-order valence-electron chi connectivity index (χ2n) is 11.0. The summed E-state index contributed by atoms with van der Waals surface area (Å²) in [7, 11) is -2.54. The number of nitrogens with zero attached hydrogens (tertiary/aromatic N) is 4. The first-order valence-corrected chi connectivity index (χ1v) is 16.0. The number of anilines is 3. The number of aromatic nitrogens is 2. The lowest BCUT2D eigenvalue weighted by Crippen LogP contribution is -2.53. The van der Waals surface area contributed by atoms with Gasteiger partial charge in [0.1, 0.15) is 11.6 Å². The molecular weight excluding hydrogens is 562 g/mol. The van der Waals surface area contributed by atoms with Crippen LogP contribution in [-0.2, 0) is 21.4 Å². The van der Waals surface area contributed by atoms with Gasteiger partial charge in [-0.3, -0.25) is 14.5 Å². The second-order valence-corrected chi connectivity index (χ2v) is 13.8. The summed E-state index contributed by atoms with van der Waals surface area (Å²) in [6.07, 6.45) is 2.18. The topological polar surface area (TPSA) is 137 Å². The highest BCUT2D eigenvalue weighted by molar-refractivity contribution is 7.89. The maximum Gasteiger partial charge on any atom is 0.256 e. The average molecular weight is 596 g/mol. The number of amides is 2. The minimum Gasteiger partial charge on any atom is -0.331 e. The van der Waals surface area contributed by atoms with Gasteiger partial charge in [0.15, 0.2) is 5.13 Å². The third-order valence-electron chi connectivity index (χ3n) is 8.02. The highest BCUT2D eigenvalue weighted by Gasteiger charge is 2.41. The van der Waals surface area contributed by atoms with Crippen LogP contribution in [-0.4, -0.2) is 67.3 Å². The van der Waals surface area contributed by atoms with Crippen LogP contribution in [0, 0.1) is 12.8 Å². The fraction of sp³-hybridized carbons (Fsp3) is 0.429. The molecule has 3 aliphatic rings. The Morgan fingerprint density at radius 3 is 2.68 bits per heavy atom. The predicted molar refractivity (Wildman–Crippen MR) is 158 cm³/mol. The van der Waals surface area contributed by atoms with Crippen molar-refractivity contribution in [3.8, 4) is 10.4 Å². The minimum atomic E-state index is -3.89. The molecule has 3 aromatic rings. The first-order valence-electron chi connectivity index (χ1n) is 13.7. The van der Waals surface area contributed by atoms with Gasteiger partial charge in [-0.1, -0.05) is 17.4 Å². The molecule has 0 bridgehead atoms. The van der Waals surface area contributed by atoms with Gasteiger partial charge in [-0.25, -0.2) is 23.1 Å². The van der Waals surface area contributed by atoms with E-state index in [9.17, 15) is 18.0 Å². The summed E-state index contributed by atoms with van der Waals surface area (Å²) in [6.45, 7) is 7.12. The second kappa shape index (κ2) is 10.5. The maximum absolute atomic E-state index is 13.4. The third-order valence-corrected chi connectivity index (χ3v) is 10.6. The molecule has 3 N–H and O–H groups in total. The molecule has 2 aliphatic heterocycles. The molecule has 13 heteroatoms. The summed E-state index contributed by atoms with van der Waals surface area (Å²) >= 11 is 1.38. The van der Waals surface area contributed by atoms with Gasteiger partial charge in [-0.2, -0.15) is 0 Å². The van der Waals surface area contributed by atoms with Gasteiger partial charge >= 0.3 is 0 Å². The van der Waals surface area contributed by atoms with Gasteiger partial charge in [0, 0.05) is 25.2 Å². The molecule has 1 saturated heterocycles. The van der Waals surface area contributed by atoms with Crippen LogP contribution >= 0.6 is 11.3 Å². The summed E-state index contributed by atoms with van der Waals surface area (Å²) in [5.74, 6) is 1.32.